The number of carbonyl (C=O) groups is 1. The standard InChI is InChI=1S/C19H18F5N3OS/c1-11(7-8-29-2)26-18(28)14-4-6-16(19(22,23)24)27-17(14)25-10-12-9-13(20)3-5-15(12)21/h3-9,11H,10H2,1-2H3,(H,25,27)(H,26,28)/b8-7+. The molecule has 4 nitrogen and oxygen atoms in total. The maximum Gasteiger partial charge on any atom is 0.433 e. The van der Waals surface area contributed by atoms with Crippen LogP contribution in [-0.4, -0.2) is 23.2 Å². The number of aromatic nitrogens is 1. The van der Waals surface area contributed by atoms with Crippen molar-refractivity contribution in [3.8, 4) is 0 Å². The Hall–Kier alpha value is -2.62. The molecule has 0 radical (unpaired) electrons. The largest absolute Gasteiger partial charge is 0.433 e. The SMILES string of the molecule is CS/C=C/C(C)NC(=O)c1ccc(C(F)(F)F)nc1NCc1cc(F)ccc1F. The van der Waals surface area contributed by atoms with Crippen molar-refractivity contribution in [2.24, 2.45) is 0 Å². The van der Waals surface area contributed by atoms with Crippen LogP contribution in [0.3, 0.4) is 0 Å². The Morgan fingerprint density at radius 1 is 1.24 bits per heavy atom. The molecule has 0 saturated heterocycles. The van der Waals surface area contributed by atoms with Gasteiger partial charge in [-0.3, -0.25) is 4.79 Å². The van der Waals surface area contributed by atoms with Crippen molar-refractivity contribution in [1.82, 2.24) is 10.3 Å². The number of nitrogens with one attached hydrogen (secondary N) is 2. The maximum atomic E-state index is 13.8. The third-order valence-electron chi connectivity index (χ3n) is 3.75. The summed E-state index contributed by atoms with van der Waals surface area (Å²) in [4.78, 5) is 16.0. The van der Waals surface area contributed by atoms with E-state index < -0.39 is 29.4 Å². The van der Waals surface area contributed by atoms with Gasteiger partial charge in [-0.15, -0.1) is 11.8 Å². The zero-order valence-corrected chi connectivity index (χ0v) is 16.3. The molecule has 0 aliphatic heterocycles. The van der Waals surface area contributed by atoms with Gasteiger partial charge in [-0.1, -0.05) is 6.08 Å². The van der Waals surface area contributed by atoms with Gasteiger partial charge < -0.3 is 10.6 Å². The molecule has 2 rings (SSSR count). The molecule has 1 heterocycles. The van der Waals surface area contributed by atoms with Crippen molar-refractivity contribution in [2.75, 3.05) is 11.6 Å². The minimum absolute atomic E-state index is 0.119. The first-order valence-electron chi connectivity index (χ1n) is 8.38. The number of carbonyl (C=O) groups excluding carboxylic acids is 1. The smallest absolute Gasteiger partial charge is 0.365 e. The number of pyridine rings is 1. The number of amides is 1. The first-order valence-corrected chi connectivity index (χ1v) is 9.67. The summed E-state index contributed by atoms with van der Waals surface area (Å²) in [6.45, 7) is 1.33. The summed E-state index contributed by atoms with van der Waals surface area (Å²) >= 11 is 1.42. The molecule has 10 heteroatoms. The molecule has 2 aromatic rings. The van der Waals surface area contributed by atoms with Crippen molar-refractivity contribution in [1.29, 1.82) is 0 Å². The summed E-state index contributed by atoms with van der Waals surface area (Å²) in [5.74, 6) is -2.49. The zero-order valence-electron chi connectivity index (χ0n) is 15.5. The predicted octanol–water partition coefficient (Wildman–Crippen LogP) is 4.99. The normalized spacial score (nSPS) is 12.8. The molecule has 2 N–H and O–H groups in total. The Morgan fingerprint density at radius 2 is 1.97 bits per heavy atom. The molecule has 0 aliphatic rings. The zero-order chi connectivity index (χ0) is 21.6. The second-order valence-corrected chi connectivity index (χ2v) is 6.75. The lowest BCUT2D eigenvalue weighted by atomic mass is 10.1. The van der Waals surface area contributed by atoms with Crippen LogP contribution in [0.15, 0.2) is 41.8 Å². The molecule has 1 amide bonds. The molecule has 29 heavy (non-hydrogen) atoms. The van der Waals surface area contributed by atoms with Gasteiger partial charge in [-0.25, -0.2) is 13.8 Å². The molecule has 1 atom stereocenters. The van der Waals surface area contributed by atoms with Gasteiger partial charge in [0, 0.05) is 18.2 Å². The van der Waals surface area contributed by atoms with E-state index in [-0.39, 0.29) is 29.5 Å². The van der Waals surface area contributed by atoms with E-state index in [9.17, 15) is 26.7 Å². The lowest BCUT2D eigenvalue weighted by Gasteiger charge is -2.16. The molecule has 1 aromatic carbocycles. The molecular weight excluding hydrogens is 413 g/mol. The van der Waals surface area contributed by atoms with Gasteiger partial charge >= 0.3 is 6.18 Å². The molecule has 0 fully saturated rings. The number of hydrogen-bond acceptors (Lipinski definition) is 4. The number of alkyl halides is 3. The van der Waals surface area contributed by atoms with Crippen molar-refractivity contribution < 1.29 is 26.7 Å². The second-order valence-electron chi connectivity index (χ2n) is 6.01. The quantitative estimate of drug-likeness (QED) is 0.607. The topological polar surface area (TPSA) is 54.0 Å². The van der Waals surface area contributed by atoms with Gasteiger partial charge in [0.2, 0.25) is 0 Å². The van der Waals surface area contributed by atoms with Crippen LogP contribution in [0.4, 0.5) is 27.8 Å². The molecule has 156 valence electrons. The highest BCUT2D eigenvalue weighted by Gasteiger charge is 2.33. The van der Waals surface area contributed by atoms with Crippen LogP contribution in [0.5, 0.6) is 0 Å². The fourth-order valence-electron chi connectivity index (χ4n) is 2.32. The van der Waals surface area contributed by atoms with Crippen LogP contribution in [0.1, 0.15) is 28.5 Å². The van der Waals surface area contributed by atoms with Gasteiger partial charge in [-0.2, -0.15) is 13.2 Å². The van der Waals surface area contributed by atoms with Crippen molar-refractivity contribution in [3.05, 3.63) is 70.3 Å². The number of rotatable bonds is 7. The maximum absolute atomic E-state index is 13.8. The lowest BCUT2D eigenvalue weighted by Crippen LogP contribution is -2.32. The average molecular weight is 431 g/mol. The van der Waals surface area contributed by atoms with E-state index in [1.165, 1.54) is 11.8 Å². The van der Waals surface area contributed by atoms with E-state index in [0.717, 1.165) is 24.3 Å². The van der Waals surface area contributed by atoms with Gasteiger partial charge in [0.1, 0.15) is 23.1 Å². The number of benzene rings is 1. The molecule has 1 aromatic heterocycles. The monoisotopic (exact) mass is 431 g/mol. The molecule has 0 saturated carbocycles. The fraction of sp³-hybridized carbons (Fsp3) is 0.263. The van der Waals surface area contributed by atoms with Gasteiger partial charge in [-0.05, 0) is 48.9 Å². The minimum atomic E-state index is -4.73. The van der Waals surface area contributed by atoms with Gasteiger partial charge in [0.25, 0.3) is 5.91 Å². The fourth-order valence-corrected chi connectivity index (χ4v) is 2.71. The minimum Gasteiger partial charge on any atom is -0.365 e. The summed E-state index contributed by atoms with van der Waals surface area (Å²) in [7, 11) is 0. The van der Waals surface area contributed by atoms with Crippen LogP contribution < -0.4 is 10.6 Å². The van der Waals surface area contributed by atoms with E-state index >= 15 is 0 Å². The van der Waals surface area contributed by atoms with E-state index in [1.807, 2.05) is 6.26 Å². The third-order valence-corrected chi connectivity index (χ3v) is 4.18. The van der Waals surface area contributed by atoms with Crippen LogP contribution >= 0.6 is 11.8 Å². The Morgan fingerprint density at radius 3 is 2.62 bits per heavy atom. The lowest BCUT2D eigenvalue weighted by molar-refractivity contribution is -0.141. The summed E-state index contributed by atoms with van der Waals surface area (Å²) in [5, 5.41) is 6.87. The molecular formula is C19H18F5N3OS. The highest BCUT2D eigenvalue weighted by atomic mass is 32.2. The van der Waals surface area contributed by atoms with Gasteiger partial charge in [0.15, 0.2) is 0 Å². The Bertz CT molecular complexity index is 902. The third kappa shape index (κ3) is 6.45. The van der Waals surface area contributed by atoms with Crippen LogP contribution in [0.25, 0.3) is 0 Å². The Kier molecular flexibility index (Phi) is 7.60. The highest BCUT2D eigenvalue weighted by molar-refractivity contribution is 8.01. The molecule has 0 spiro atoms. The second kappa shape index (κ2) is 9.73. The van der Waals surface area contributed by atoms with Gasteiger partial charge in [0.05, 0.1) is 5.56 Å². The summed E-state index contributed by atoms with van der Waals surface area (Å²) in [6.07, 6.45) is -1.20. The van der Waals surface area contributed by atoms with E-state index in [1.54, 1.807) is 18.4 Å². The number of halogens is 5. The number of thioether (sulfide) groups is 1. The van der Waals surface area contributed by atoms with Crippen molar-refractivity contribution in [2.45, 2.75) is 25.7 Å². The van der Waals surface area contributed by atoms with Crippen LogP contribution in [0.2, 0.25) is 0 Å². The number of anilines is 1. The molecule has 1 unspecified atom stereocenters. The predicted molar refractivity (Wildman–Crippen MR) is 103 cm³/mol. The Balaban J connectivity index is 2.32. The van der Waals surface area contributed by atoms with Crippen LogP contribution in [-0.2, 0) is 12.7 Å². The summed E-state index contributed by atoms with van der Waals surface area (Å²) < 4.78 is 66.2. The van der Waals surface area contributed by atoms with E-state index in [2.05, 4.69) is 15.6 Å². The van der Waals surface area contributed by atoms with Crippen LogP contribution in [0, 0.1) is 11.6 Å². The van der Waals surface area contributed by atoms with Crippen molar-refractivity contribution in [3.63, 3.8) is 0 Å². The average Bonchev–Trinajstić information content (AvgIpc) is 2.66. The highest BCUT2D eigenvalue weighted by Crippen LogP contribution is 2.29. The van der Waals surface area contributed by atoms with E-state index in [0.29, 0.717) is 6.07 Å². The first-order chi connectivity index (χ1) is 13.6. The van der Waals surface area contributed by atoms with Crippen molar-refractivity contribution >= 4 is 23.5 Å². The summed E-state index contributed by atoms with van der Waals surface area (Å²) in [6, 6.07) is 4.02. The van der Waals surface area contributed by atoms with E-state index in [4.69, 9.17) is 0 Å². The first kappa shape index (κ1) is 22.7. The summed E-state index contributed by atoms with van der Waals surface area (Å²) in [5.41, 5.74) is -1.49. The molecule has 0 bridgehead atoms. The Labute approximate surface area is 168 Å². The number of nitrogens with zero attached hydrogens (tertiary/aromatic N) is 1. The number of hydrogen-bond donors (Lipinski definition) is 2. The molecule has 0 aliphatic carbocycles.